The van der Waals surface area contributed by atoms with Crippen LogP contribution in [0.1, 0.15) is 12.5 Å². The van der Waals surface area contributed by atoms with Crippen molar-refractivity contribution in [2.45, 2.75) is 13.5 Å². The van der Waals surface area contributed by atoms with E-state index >= 15 is 0 Å². The van der Waals surface area contributed by atoms with Gasteiger partial charge in [-0.25, -0.2) is 4.98 Å². The van der Waals surface area contributed by atoms with Crippen LogP contribution >= 0.6 is 0 Å². The second-order valence-corrected chi connectivity index (χ2v) is 3.97. The van der Waals surface area contributed by atoms with E-state index in [0.29, 0.717) is 5.56 Å². The van der Waals surface area contributed by atoms with E-state index in [-0.39, 0.29) is 0 Å². The smallest absolute Gasteiger partial charge is 0.177 e. The minimum Gasteiger partial charge on any atom is -0.461 e. The molecule has 4 heteroatoms. The third kappa shape index (κ3) is 1.49. The van der Waals surface area contributed by atoms with Crippen LogP contribution in [0.3, 0.4) is 0 Å². The molecule has 0 aliphatic carbocycles. The van der Waals surface area contributed by atoms with Crippen molar-refractivity contribution in [1.29, 1.82) is 5.26 Å². The fourth-order valence-corrected chi connectivity index (χ4v) is 2.11. The van der Waals surface area contributed by atoms with Gasteiger partial charge in [-0.15, -0.1) is 0 Å². The van der Waals surface area contributed by atoms with Crippen molar-refractivity contribution in [3.05, 3.63) is 42.2 Å². The molecule has 0 amide bonds. The molecule has 18 heavy (non-hydrogen) atoms. The van der Waals surface area contributed by atoms with Gasteiger partial charge in [-0.2, -0.15) is 5.26 Å². The van der Waals surface area contributed by atoms with Crippen molar-refractivity contribution in [2.24, 2.45) is 0 Å². The minimum absolute atomic E-state index is 0.620. The predicted octanol–water partition coefficient (Wildman–Crippen LogP) is 3.19. The number of nitriles is 1. The Hall–Kier alpha value is -2.54. The summed E-state index contributed by atoms with van der Waals surface area (Å²) in [6, 6.07) is 11.4. The monoisotopic (exact) mass is 237 g/mol. The topological polar surface area (TPSA) is 54.8 Å². The van der Waals surface area contributed by atoms with Crippen molar-refractivity contribution in [2.75, 3.05) is 0 Å². The SMILES string of the molecule is CCn1c(-c2ccco2)nc2cc(C#N)ccc21. The fraction of sp³-hybridized carbons (Fsp3) is 0.143. The van der Waals surface area contributed by atoms with E-state index in [1.807, 2.05) is 24.3 Å². The normalized spacial score (nSPS) is 10.7. The molecule has 0 N–H and O–H groups in total. The number of aryl methyl sites for hydroxylation is 1. The number of rotatable bonds is 2. The Morgan fingerprint density at radius 3 is 2.94 bits per heavy atom. The number of nitrogens with zero attached hydrogens (tertiary/aromatic N) is 3. The second kappa shape index (κ2) is 4.04. The summed E-state index contributed by atoms with van der Waals surface area (Å²) in [4.78, 5) is 4.55. The zero-order valence-electron chi connectivity index (χ0n) is 9.92. The zero-order valence-corrected chi connectivity index (χ0v) is 9.92. The molecule has 0 unspecified atom stereocenters. The molecule has 1 aromatic carbocycles. The van der Waals surface area contributed by atoms with Gasteiger partial charge in [0.05, 0.1) is 28.9 Å². The Kier molecular flexibility index (Phi) is 2.38. The van der Waals surface area contributed by atoms with Gasteiger partial charge in [0.15, 0.2) is 11.6 Å². The summed E-state index contributed by atoms with van der Waals surface area (Å²) in [6.45, 7) is 2.87. The van der Waals surface area contributed by atoms with Crippen LogP contribution in [0.15, 0.2) is 41.0 Å². The highest BCUT2D eigenvalue weighted by atomic mass is 16.3. The van der Waals surface area contributed by atoms with Crippen molar-refractivity contribution in [3.63, 3.8) is 0 Å². The number of furan rings is 1. The van der Waals surface area contributed by atoms with E-state index in [4.69, 9.17) is 9.68 Å². The lowest BCUT2D eigenvalue weighted by Gasteiger charge is -2.03. The highest BCUT2D eigenvalue weighted by Crippen LogP contribution is 2.25. The minimum atomic E-state index is 0.620. The number of aromatic nitrogens is 2. The van der Waals surface area contributed by atoms with Crippen molar-refractivity contribution >= 4 is 11.0 Å². The highest BCUT2D eigenvalue weighted by molar-refractivity contribution is 5.81. The highest BCUT2D eigenvalue weighted by Gasteiger charge is 2.13. The molecule has 3 aromatic rings. The molecule has 0 saturated carbocycles. The molecule has 0 fully saturated rings. The molecule has 4 nitrogen and oxygen atoms in total. The third-order valence-corrected chi connectivity index (χ3v) is 2.94. The van der Waals surface area contributed by atoms with Crippen LogP contribution in [0.2, 0.25) is 0 Å². The zero-order chi connectivity index (χ0) is 12.5. The Morgan fingerprint density at radius 2 is 2.28 bits per heavy atom. The first-order chi connectivity index (χ1) is 8.83. The van der Waals surface area contributed by atoms with Gasteiger partial charge in [-0.3, -0.25) is 0 Å². The van der Waals surface area contributed by atoms with E-state index < -0.39 is 0 Å². The number of hydrogen-bond acceptors (Lipinski definition) is 3. The van der Waals surface area contributed by atoms with Crippen LogP contribution < -0.4 is 0 Å². The lowest BCUT2D eigenvalue weighted by atomic mass is 10.2. The van der Waals surface area contributed by atoms with E-state index in [9.17, 15) is 0 Å². The predicted molar refractivity (Wildman–Crippen MR) is 67.8 cm³/mol. The van der Waals surface area contributed by atoms with Crippen LogP contribution in [-0.4, -0.2) is 9.55 Å². The largest absolute Gasteiger partial charge is 0.461 e. The Labute approximate surface area is 104 Å². The number of hydrogen-bond donors (Lipinski definition) is 0. The van der Waals surface area contributed by atoms with Crippen LogP contribution in [0.25, 0.3) is 22.6 Å². The molecular formula is C14H11N3O. The first-order valence-corrected chi connectivity index (χ1v) is 5.77. The quantitative estimate of drug-likeness (QED) is 0.687. The van der Waals surface area contributed by atoms with Crippen LogP contribution in [0.5, 0.6) is 0 Å². The van der Waals surface area contributed by atoms with Gasteiger partial charge < -0.3 is 8.98 Å². The van der Waals surface area contributed by atoms with Crippen molar-refractivity contribution in [1.82, 2.24) is 9.55 Å². The van der Waals surface area contributed by atoms with E-state index in [1.165, 1.54) is 0 Å². The third-order valence-electron chi connectivity index (χ3n) is 2.94. The maximum Gasteiger partial charge on any atom is 0.177 e. The van der Waals surface area contributed by atoms with Crippen LogP contribution in [0, 0.1) is 11.3 Å². The van der Waals surface area contributed by atoms with Crippen molar-refractivity contribution < 1.29 is 4.42 Å². The Morgan fingerprint density at radius 1 is 1.39 bits per heavy atom. The molecule has 0 bridgehead atoms. The molecule has 2 heterocycles. The summed E-state index contributed by atoms with van der Waals surface area (Å²) < 4.78 is 7.48. The molecule has 0 atom stereocenters. The summed E-state index contributed by atoms with van der Waals surface area (Å²) in [7, 11) is 0. The van der Waals surface area contributed by atoms with E-state index in [0.717, 1.165) is 29.2 Å². The molecule has 0 aliphatic rings. The van der Waals surface area contributed by atoms with Gasteiger partial charge >= 0.3 is 0 Å². The number of imidazole rings is 1. The lowest BCUT2D eigenvalue weighted by molar-refractivity contribution is 0.571. The van der Waals surface area contributed by atoms with E-state index in [2.05, 4.69) is 22.5 Å². The summed E-state index contributed by atoms with van der Waals surface area (Å²) >= 11 is 0. The molecule has 0 saturated heterocycles. The maximum atomic E-state index is 8.91. The fourth-order valence-electron chi connectivity index (χ4n) is 2.11. The van der Waals surface area contributed by atoms with Gasteiger partial charge in [-0.05, 0) is 37.3 Å². The molecule has 0 spiro atoms. The van der Waals surface area contributed by atoms with Gasteiger partial charge in [-0.1, -0.05) is 0 Å². The number of fused-ring (bicyclic) bond motifs is 1. The van der Waals surface area contributed by atoms with Gasteiger partial charge in [0.25, 0.3) is 0 Å². The first kappa shape index (κ1) is 10.6. The summed E-state index contributed by atoms with van der Waals surface area (Å²) in [5.74, 6) is 1.54. The standard InChI is InChI=1S/C14H11N3O/c1-2-17-12-6-5-10(9-15)8-11(12)16-14(17)13-4-3-7-18-13/h3-8H,2H2,1H3. The average molecular weight is 237 g/mol. The Bertz CT molecular complexity index is 732. The molecule has 88 valence electrons. The van der Waals surface area contributed by atoms with Gasteiger partial charge in [0.1, 0.15) is 0 Å². The maximum absolute atomic E-state index is 8.91. The second-order valence-electron chi connectivity index (χ2n) is 3.97. The summed E-state index contributed by atoms with van der Waals surface area (Å²) in [5, 5.41) is 8.91. The van der Waals surface area contributed by atoms with E-state index in [1.54, 1.807) is 12.3 Å². The van der Waals surface area contributed by atoms with Crippen LogP contribution in [0.4, 0.5) is 0 Å². The first-order valence-electron chi connectivity index (χ1n) is 5.77. The van der Waals surface area contributed by atoms with Gasteiger partial charge in [0, 0.05) is 6.54 Å². The molecule has 3 rings (SSSR count). The summed E-state index contributed by atoms with van der Waals surface area (Å²) in [6.07, 6.45) is 1.63. The van der Waals surface area contributed by atoms with Crippen molar-refractivity contribution in [3.8, 4) is 17.7 Å². The average Bonchev–Trinajstić information content (AvgIpc) is 3.04. The number of benzene rings is 1. The molecule has 0 radical (unpaired) electrons. The lowest BCUT2D eigenvalue weighted by Crippen LogP contribution is -1.96. The summed E-state index contributed by atoms with van der Waals surface area (Å²) in [5.41, 5.74) is 2.46. The molecule has 0 aliphatic heterocycles. The molecule has 2 aromatic heterocycles. The Balaban J connectivity index is 2.30. The molecular weight excluding hydrogens is 226 g/mol. The van der Waals surface area contributed by atoms with Gasteiger partial charge in [0.2, 0.25) is 0 Å². The van der Waals surface area contributed by atoms with Crippen LogP contribution in [-0.2, 0) is 6.54 Å².